The molecule has 2 unspecified atom stereocenters. The highest BCUT2D eigenvalue weighted by Crippen LogP contribution is 2.27. The number of benzene rings is 1. The van der Waals surface area contributed by atoms with Gasteiger partial charge in [0, 0.05) is 5.56 Å². The molecule has 0 spiro atoms. The molecule has 0 aliphatic heterocycles. The van der Waals surface area contributed by atoms with Gasteiger partial charge in [-0.15, -0.1) is 0 Å². The lowest BCUT2D eigenvalue weighted by Crippen LogP contribution is -2.05. The van der Waals surface area contributed by atoms with E-state index in [-0.39, 0.29) is 5.56 Å². The molecular weight excluding hydrogens is 212 g/mol. The minimum atomic E-state index is -3.18. The zero-order valence-corrected chi connectivity index (χ0v) is 7.92. The van der Waals surface area contributed by atoms with Crippen LogP contribution in [0.15, 0.2) is 18.2 Å². The average molecular weight is 222 g/mol. The minimum Gasteiger partial charge on any atom is -0.389 e. The van der Waals surface area contributed by atoms with Crippen molar-refractivity contribution in [2.24, 2.45) is 0 Å². The highest BCUT2D eigenvalue weighted by atomic mass is 19.3. The van der Waals surface area contributed by atoms with E-state index in [1.165, 1.54) is 6.92 Å². The van der Waals surface area contributed by atoms with Crippen LogP contribution in [-0.2, 0) is 0 Å². The van der Waals surface area contributed by atoms with Gasteiger partial charge in [-0.25, -0.2) is 17.6 Å². The van der Waals surface area contributed by atoms with Gasteiger partial charge >= 0.3 is 0 Å². The highest BCUT2D eigenvalue weighted by Gasteiger charge is 2.22. The van der Waals surface area contributed by atoms with Crippen LogP contribution < -0.4 is 0 Å². The van der Waals surface area contributed by atoms with Crippen molar-refractivity contribution in [3.05, 3.63) is 35.1 Å². The molecule has 0 saturated heterocycles. The van der Waals surface area contributed by atoms with Gasteiger partial charge in [-0.3, -0.25) is 0 Å². The zero-order chi connectivity index (χ0) is 11.6. The standard InChI is InChI=1S/C10H10F4O/c1-5(15)7-3-2-6(4-8(7)11)9(12)10(13)14/h2-5,9-10,15H,1H3. The van der Waals surface area contributed by atoms with Crippen LogP contribution in [0.1, 0.15) is 30.3 Å². The number of alkyl halides is 3. The second-order valence-electron chi connectivity index (χ2n) is 3.19. The molecule has 1 nitrogen and oxygen atoms in total. The lowest BCUT2D eigenvalue weighted by atomic mass is 10.0. The molecule has 1 rings (SSSR count). The summed E-state index contributed by atoms with van der Waals surface area (Å²) >= 11 is 0. The molecule has 84 valence electrons. The SMILES string of the molecule is CC(O)c1ccc(C(F)C(F)F)cc1F. The van der Waals surface area contributed by atoms with Gasteiger partial charge in [0.2, 0.25) is 0 Å². The molecule has 0 aromatic heterocycles. The Hall–Kier alpha value is -1.10. The van der Waals surface area contributed by atoms with E-state index in [0.717, 1.165) is 12.1 Å². The van der Waals surface area contributed by atoms with Gasteiger partial charge in [0.25, 0.3) is 6.43 Å². The Labute approximate surface area is 84.3 Å². The van der Waals surface area contributed by atoms with Crippen molar-refractivity contribution in [1.29, 1.82) is 0 Å². The van der Waals surface area contributed by atoms with Gasteiger partial charge in [-0.1, -0.05) is 12.1 Å². The van der Waals surface area contributed by atoms with Gasteiger partial charge in [-0.05, 0) is 18.6 Å². The monoisotopic (exact) mass is 222 g/mol. The van der Waals surface area contributed by atoms with Crippen molar-refractivity contribution in [1.82, 2.24) is 0 Å². The fourth-order valence-electron chi connectivity index (χ4n) is 1.20. The number of aliphatic hydroxyl groups excluding tert-OH is 1. The lowest BCUT2D eigenvalue weighted by Gasteiger charge is -2.10. The fourth-order valence-corrected chi connectivity index (χ4v) is 1.20. The number of halogens is 4. The first-order chi connectivity index (χ1) is 6.93. The van der Waals surface area contributed by atoms with Gasteiger partial charge in [0.05, 0.1) is 6.10 Å². The summed E-state index contributed by atoms with van der Waals surface area (Å²) in [4.78, 5) is 0. The third kappa shape index (κ3) is 2.68. The van der Waals surface area contributed by atoms with E-state index in [1.54, 1.807) is 0 Å². The van der Waals surface area contributed by atoms with E-state index in [9.17, 15) is 17.6 Å². The molecule has 0 amide bonds. The number of hydrogen-bond donors (Lipinski definition) is 1. The highest BCUT2D eigenvalue weighted by molar-refractivity contribution is 5.27. The van der Waals surface area contributed by atoms with Crippen molar-refractivity contribution < 1.29 is 22.7 Å². The van der Waals surface area contributed by atoms with E-state index < -0.39 is 30.1 Å². The second-order valence-corrected chi connectivity index (χ2v) is 3.19. The molecule has 0 heterocycles. The topological polar surface area (TPSA) is 20.2 Å². The van der Waals surface area contributed by atoms with Crippen LogP contribution in [0.4, 0.5) is 17.6 Å². The lowest BCUT2D eigenvalue weighted by molar-refractivity contribution is 0.0494. The zero-order valence-electron chi connectivity index (χ0n) is 7.92. The predicted molar refractivity (Wildman–Crippen MR) is 46.9 cm³/mol. The number of rotatable bonds is 3. The summed E-state index contributed by atoms with van der Waals surface area (Å²) in [5, 5.41) is 9.06. The van der Waals surface area contributed by atoms with Gasteiger partial charge in [0.1, 0.15) is 5.82 Å². The Bertz CT molecular complexity index is 338. The van der Waals surface area contributed by atoms with Crippen molar-refractivity contribution >= 4 is 0 Å². The molecule has 1 N–H and O–H groups in total. The summed E-state index contributed by atoms with van der Waals surface area (Å²) in [5.41, 5.74) is -0.466. The Morgan fingerprint density at radius 1 is 1.20 bits per heavy atom. The Kier molecular flexibility index (Phi) is 3.68. The molecule has 0 radical (unpaired) electrons. The predicted octanol–water partition coefficient (Wildman–Crippen LogP) is 3.15. The quantitative estimate of drug-likeness (QED) is 0.779. The smallest absolute Gasteiger partial charge is 0.273 e. The largest absolute Gasteiger partial charge is 0.389 e. The van der Waals surface area contributed by atoms with Gasteiger partial charge in [-0.2, -0.15) is 0 Å². The molecular formula is C10H10F4O. The Balaban J connectivity index is 3.01. The van der Waals surface area contributed by atoms with Crippen molar-refractivity contribution in [3.63, 3.8) is 0 Å². The van der Waals surface area contributed by atoms with Crippen LogP contribution >= 0.6 is 0 Å². The van der Waals surface area contributed by atoms with Crippen molar-refractivity contribution in [2.75, 3.05) is 0 Å². The fraction of sp³-hybridized carbons (Fsp3) is 0.400. The van der Waals surface area contributed by atoms with E-state index in [2.05, 4.69) is 0 Å². The summed E-state index contributed by atoms with van der Waals surface area (Å²) in [7, 11) is 0. The summed E-state index contributed by atoms with van der Waals surface area (Å²) < 4.78 is 49.9. The molecule has 0 saturated carbocycles. The average Bonchev–Trinajstić information content (AvgIpc) is 2.15. The molecule has 15 heavy (non-hydrogen) atoms. The molecule has 1 aromatic carbocycles. The molecule has 0 fully saturated rings. The van der Waals surface area contributed by atoms with Crippen LogP contribution in [0.25, 0.3) is 0 Å². The molecule has 1 aromatic rings. The summed E-state index contributed by atoms with van der Waals surface area (Å²) in [6.07, 6.45) is -6.73. The van der Waals surface area contributed by atoms with Crippen molar-refractivity contribution in [2.45, 2.75) is 25.6 Å². The van der Waals surface area contributed by atoms with Gasteiger partial charge < -0.3 is 5.11 Å². The van der Waals surface area contributed by atoms with E-state index in [1.807, 2.05) is 0 Å². The first-order valence-electron chi connectivity index (χ1n) is 4.33. The molecule has 2 atom stereocenters. The first kappa shape index (κ1) is 12.0. The van der Waals surface area contributed by atoms with E-state index in [4.69, 9.17) is 5.11 Å². The molecule has 0 aliphatic rings. The number of aliphatic hydroxyl groups is 1. The third-order valence-corrected chi connectivity index (χ3v) is 2.01. The summed E-state index contributed by atoms with van der Waals surface area (Å²) in [5.74, 6) is -0.884. The first-order valence-corrected chi connectivity index (χ1v) is 4.33. The number of hydrogen-bond acceptors (Lipinski definition) is 1. The Morgan fingerprint density at radius 2 is 1.80 bits per heavy atom. The van der Waals surface area contributed by atoms with Crippen molar-refractivity contribution in [3.8, 4) is 0 Å². The Morgan fingerprint density at radius 3 is 2.20 bits per heavy atom. The summed E-state index contributed by atoms with van der Waals surface area (Å²) in [6.45, 7) is 1.33. The van der Waals surface area contributed by atoms with Crippen LogP contribution in [0.2, 0.25) is 0 Å². The van der Waals surface area contributed by atoms with E-state index in [0.29, 0.717) is 6.07 Å². The molecule has 0 bridgehead atoms. The van der Waals surface area contributed by atoms with Gasteiger partial charge in [0.15, 0.2) is 6.17 Å². The minimum absolute atomic E-state index is 0.0415. The van der Waals surface area contributed by atoms with Crippen LogP contribution in [-0.4, -0.2) is 11.5 Å². The molecule has 5 heteroatoms. The normalized spacial score (nSPS) is 15.4. The summed E-state index contributed by atoms with van der Waals surface area (Å²) in [6, 6.07) is 2.82. The third-order valence-electron chi connectivity index (χ3n) is 2.01. The maximum atomic E-state index is 13.2. The maximum absolute atomic E-state index is 13.2. The van der Waals surface area contributed by atoms with Crippen LogP contribution in [0.3, 0.4) is 0 Å². The van der Waals surface area contributed by atoms with Crippen LogP contribution in [0.5, 0.6) is 0 Å². The maximum Gasteiger partial charge on any atom is 0.273 e. The van der Waals surface area contributed by atoms with Crippen LogP contribution in [0, 0.1) is 5.82 Å². The van der Waals surface area contributed by atoms with E-state index >= 15 is 0 Å². The molecule has 0 aliphatic carbocycles. The second kappa shape index (κ2) is 4.61.